The van der Waals surface area contributed by atoms with Gasteiger partial charge >= 0.3 is 0 Å². The third-order valence-corrected chi connectivity index (χ3v) is 2.57. The third kappa shape index (κ3) is 3.61. The lowest BCUT2D eigenvalue weighted by molar-refractivity contribution is 0.230. The second-order valence-corrected chi connectivity index (χ2v) is 3.73. The summed E-state index contributed by atoms with van der Waals surface area (Å²) in [6.45, 7) is 4.15. The summed E-state index contributed by atoms with van der Waals surface area (Å²) in [5, 5.41) is 12.3. The van der Waals surface area contributed by atoms with Gasteiger partial charge in [0.2, 0.25) is 0 Å². The first-order valence-electron chi connectivity index (χ1n) is 5.29. The van der Waals surface area contributed by atoms with Crippen molar-refractivity contribution in [2.75, 3.05) is 6.61 Å². The normalized spacial score (nSPS) is 14.9. The van der Waals surface area contributed by atoms with E-state index in [0.717, 1.165) is 12.0 Å². The van der Waals surface area contributed by atoms with Crippen molar-refractivity contribution in [1.82, 2.24) is 5.32 Å². The minimum absolute atomic E-state index is 0.102. The van der Waals surface area contributed by atoms with E-state index in [1.807, 2.05) is 13.8 Å². The average molecular weight is 211 g/mol. The summed E-state index contributed by atoms with van der Waals surface area (Å²) < 4.78 is 12.7. The second-order valence-electron chi connectivity index (χ2n) is 3.73. The van der Waals surface area contributed by atoms with Crippen molar-refractivity contribution >= 4 is 0 Å². The molecular weight excluding hydrogens is 193 g/mol. The van der Waals surface area contributed by atoms with Crippen molar-refractivity contribution in [3.05, 3.63) is 35.6 Å². The highest BCUT2D eigenvalue weighted by atomic mass is 19.1. The van der Waals surface area contributed by atoms with Crippen molar-refractivity contribution in [1.29, 1.82) is 0 Å². The van der Waals surface area contributed by atoms with Gasteiger partial charge in [0.1, 0.15) is 5.82 Å². The van der Waals surface area contributed by atoms with E-state index in [-0.39, 0.29) is 24.5 Å². The summed E-state index contributed by atoms with van der Waals surface area (Å²) in [7, 11) is 0. The molecule has 0 saturated heterocycles. The molecular formula is C12H18FNO. The van der Waals surface area contributed by atoms with Crippen LogP contribution in [0.15, 0.2) is 24.3 Å². The van der Waals surface area contributed by atoms with Crippen molar-refractivity contribution in [3.63, 3.8) is 0 Å². The Morgan fingerprint density at radius 2 is 1.93 bits per heavy atom. The first-order chi connectivity index (χ1) is 7.17. The molecule has 0 bridgehead atoms. The van der Waals surface area contributed by atoms with Crippen LogP contribution in [0, 0.1) is 5.82 Å². The Balaban J connectivity index is 2.60. The number of aliphatic hydroxyl groups excluding tert-OH is 1. The second kappa shape index (κ2) is 5.83. The van der Waals surface area contributed by atoms with E-state index in [9.17, 15) is 4.39 Å². The Kier molecular flexibility index (Phi) is 4.72. The minimum Gasteiger partial charge on any atom is -0.395 e. The molecule has 0 heterocycles. The molecule has 0 aromatic heterocycles. The van der Waals surface area contributed by atoms with Gasteiger partial charge in [-0.15, -0.1) is 0 Å². The lowest BCUT2D eigenvalue weighted by Crippen LogP contribution is -2.33. The summed E-state index contributed by atoms with van der Waals surface area (Å²) in [6.07, 6.45) is 0.877. The number of rotatable bonds is 5. The van der Waals surface area contributed by atoms with E-state index >= 15 is 0 Å². The molecule has 0 aliphatic carbocycles. The maximum Gasteiger partial charge on any atom is 0.123 e. The van der Waals surface area contributed by atoms with Gasteiger partial charge in [-0.3, -0.25) is 0 Å². The molecule has 0 amide bonds. The molecule has 0 unspecified atom stereocenters. The quantitative estimate of drug-likeness (QED) is 0.783. The van der Waals surface area contributed by atoms with Crippen molar-refractivity contribution in [2.45, 2.75) is 32.4 Å². The molecule has 0 fully saturated rings. The summed E-state index contributed by atoms with van der Waals surface area (Å²) in [5.74, 6) is -0.222. The van der Waals surface area contributed by atoms with Crippen LogP contribution in [-0.4, -0.2) is 17.8 Å². The Hall–Kier alpha value is -0.930. The number of hydrogen-bond acceptors (Lipinski definition) is 2. The van der Waals surface area contributed by atoms with E-state index in [1.54, 1.807) is 12.1 Å². The Bertz CT molecular complexity index is 282. The van der Waals surface area contributed by atoms with Crippen LogP contribution in [0.5, 0.6) is 0 Å². The van der Waals surface area contributed by atoms with Crippen molar-refractivity contribution in [2.24, 2.45) is 0 Å². The van der Waals surface area contributed by atoms with E-state index in [1.165, 1.54) is 12.1 Å². The lowest BCUT2D eigenvalue weighted by Gasteiger charge is -2.20. The molecule has 2 atom stereocenters. The van der Waals surface area contributed by atoms with Gasteiger partial charge in [-0.25, -0.2) is 4.39 Å². The zero-order valence-electron chi connectivity index (χ0n) is 9.20. The molecule has 2 N–H and O–H groups in total. The van der Waals surface area contributed by atoms with E-state index in [2.05, 4.69) is 5.32 Å². The molecule has 0 radical (unpaired) electrons. The summed E-state index contributed by atoms with van der Waals surface area (Å²) in [5.41, 5.74) is 1.03. The predicted molar refractivity (Wildman–Crippen MR) is 59.1 cm³/mol. The van der Waals surface area contributed by atoms with Crippen LogP contribution in [0.4, 0.5) is 4.39 Å². The summed E-state index contributed by atoms with van der Waals surface area (Å²) >= 11 is 0. The highest BCUT2D eigenvalue weighted by Gasteiger charge is 2.10. The number of halogens is 1. The minimum atomic E-state index is -0.222. The molecule has 15 heavy (non-hydrogen) atoms. The van der Waals surface area contributed by atoms with Gasteiger partial charge in [0, 0.05) is 12.1 Å². The van der Waals surface area contributed by atoms with E-state index < -0.39 is 0 Å². The monoisotopic (exact) mass is 211 g/mol. The van der Waals surface area contributed by atoms with Gasteiger partial charge < -0.3 is 10.4 Å². The smallest absolute Gasteiger partial charge is 0.123 e. The number of nitrogens with one attached hydrogen (secondary N) is 1. The zero-order chi connectivity index (χ0) is 11.3. The molecule has 2 nitrogen and oxygen atoms in total. The van der Waals surface area contributed by atoms with Gasteiger partial charge in [-0.1, -0.05) is 19.1 Å². The number of hydrogen-bond donors (Lipinski definition) is 2. The van der Waals surface area contributed by atoms with Gasteiger partial charge in [-0.05, 0) is 31.0 Å². The fourth-order valence-electron chi connectivity index (χ4n) is 1.50. The highest BCUT2D eigenvalue weighted by molar-refractivity contribution is 5.19. The Morgan fingerprint density at radius 3 is 2.40 bits per heavy atom. The topological polar surface area (TPSA) is 32.3 Å². The first kappa shape index (κ1) is 12.1. The fourth-order valence-corrected chi connectivity index (χ4v) is 1.50. The van der Waals surface area contributed by atoms with Crippen LogP contribution in [0.3, 0.4) is 0 Å². The summed E-state index contributed by atoms with van der Waals surface area (Å²) in [6, 6.07) is 6.66. The average Bonchev–Trinajstić information content (AvgIpc) is 2.26. The molecule has 84 valence electrons. The van der Waals surface area contributed by atoms with Gasteiger partial charge in [0.05, 0.1) is 6.61 Å². The molecule has 0 aliphatic rings. The highest BCUT2D eigenvalue weighted by Crippen LogP contribution is 2.13. The first-order valence-corrected chi connectivity index (χ1v) is 5.29. The Labute approximate surface area is 90.1 Å². The van der Waals surface area contributed by atoms with Crippen LogP contribution in [0.25, 0.3) is 0 Å². The lowest BCUT2D eigenvalue weighted by atomic mass is 10.1. The molecule has 0 spiro atoms. The van der Waals surface area contributed by atoms with Gasteiger partial charge in [0.25, 0.3) is 0 Å². The maximum atomic E-state index is 12.7. The molecule has 1 aromatic rings. The van der Waals surface area contributed by atoms with E-state index in [4.69, 9.17) is 5.11 Å². The van der Waals surface area contributed by atoms with Crippen LogP contribution in [0.2, 0.25) is 0 Å². The van der Waals surface area contributed by atoms with Gasteiger partial charge in [-0.2, -0.15) is 0 Å². The van der Waals surface area contributed by atoms with Gasteiger partial charge in [0.15, 0.2) is 0 Å². The van der Waals surface area contributed by atoms with Crippen molar-refractivity contribution < 1.29 is 9.50 Å². The number of aliphatic hydroxyl groups is 1. The molecule has 0 aliphatic heterocycles. The molecule has 1 aromatic carbocycles. The Morgan fingerprint density at radius 1 is 1.33 bits per heavy atom. The molecule has 3 heteroatoms. The van der Waals surface area contributed by atoms with E-state index in [0.29, 0.717) is 0 Å². The zero-order valence-corrected chi connectivity index (χ0v) is 9.20. The molecule has 1 rings (SSSR count). The predicted octanol–water partition coefficient (Wildman–Crippen LogP) is 2.25. The maximum absolute atomic E-state index is 12.7. The standard InChI is InChI=1S/C12H18FNO/c1-3-12(8-15)14-9(2)10-4-6-11(13)7-5-10/h4-7,9,12,14-15H,3,8H2,1-2H3/t9-,12-/m0/s1. The number of benzene rings is 1. The van der Waals surface area contributed by atoms with Crippen LogP contribution >= 0.6 is 0 Å². The van der Waals surface area contributed by atoms with Crippen LogP contribution in [0.1, 0.15) is 31.9 Å². The van der Waals surface area contributed by atoms with Crippen LogP contribution < -0.4 is 5.32 Å². The molecule has 0 saturated carbocycles. The largest absolute Gasteiger partial charge is 0.395 e. The fraction of sp³-hybridized carbons (Fsp3) is 0.500. The van der Waals surface area contributed by atoms with Crippen molar-refractivity contribution in [3.8, 4) is 0 Å². The van der Waals surface area contributed by atoms with Crippen LogP contribution in [-0.2, 0) is 0 Å². The third-order valence-electron chi connectivity index (χ3n) is 2.57. The summed E-state index contributed by atoms with van der Waals surface area (Å²) in [4.78, 5) is 0. The SMILES string of the molecule is CC[C@@H](CO)N[C@@H](C)c1ccc(F)cc1.